The molecule has 31 heavy (non-hydrogen) atoms. The molecule has 2 heterocycles. The van der Waals surface area contributed by atoms with Gasteiger partial charge in [0.15, 0.2) is 0 Å². The van der Waals surface area contributed by atoms with E-state index in [4.69, 9.17) is 4.74 Å². The summed E-state index contributed by atoms with van der Waals surface area (Å²) in [6, 6.07) is 12.8. The van der Waals surface area contributed by atoms with Crippen LogP contribution >= 0.6 is 0 Å². The monoisotopic (exact) mass is 425 g/mol. The van der Waals surface area contributed by atoms with Crippen molar-refractivity contribution < 1.29 is 14.3 Å². The average Bonchev–Trinajstić information content (AvgIpc) is 2.79. The minimum Gasteiger partial charge on any atom is -0.491 e. The van der Waals surface area contributed by atoms with Crippen LogP contribution in [0.25, 0.3) is 0 Å². The first-order valence-electron chi connectivity index (χ1n) is 10.7. The van der Waals surface area contributed by atoms with Crippen LogP contribution in [0.2, 0.25) is 0 Å². The zero-order chi connectivity index (χ0) is 22.1. The lowest BCUT2D eigenvalue weighted by Crippen LogP contribution is -2.49. The van der Waals surface area contributed by atoms with Crippen LogP contribution in [-0.2, 0) is 4.79 Å². The molecule has 1 aliphatic rings. The van der Waals surface area contributed by atoms with E-state index in [0.29, 0.717) is 37.1 Å². The number of anilines is 2. The second kappa shape index (κ2) is 11.2. The van der Waals surface area contributed by atoms with Crippen LogP contribution in [0.1, 0.15) is 20.3 Å². The summed E-state index contributed by atoms with van der Waals surface area (Å²) in [4.78, 5) is 33.1. The molecular weight excluding hydrogens is 394 g/mol. The Bertz CT molecular complexity index is 851. The quantitative estimate of drug-likeness (QED) is 0.679. The van der Waals surface area contributed by atoms with E-state index in [1.54, 1.807) is 12.3 Å². The molecule has 8 heteroatoms. The Kier molecular flexibility index (Phi) is 8.09. The lowest BCUT2D eigenvalue weighted by molar-refractivity contribution is -0.131. The Morgan fingerprint density at radius 3 is 2.52 bits per heavy atom. The van der Waals surface area contributed by atoms with Gasteiger partial charge in [-0.2, -0.15) is 0 Å². The molecule has 2 aromatic rings. The number of nitrogens with zero attached hydrogens (tertiary/aromatic N) is 3. The second-order valence-electron chi connectivity index (χ2n) is 7.89. The van der Waals surface area contributed by atoms with Crippen molar-refractivity contribution in [2.75, 3.05) is 49.5 Å². The summed E-state index contributed by atoms with van der Waals surface area (Å²) in [7, 11) is 0. The Balaban J connectivity index is 1.39. The van der Waals surface area contributed by atoms with E-state index in [1.165, 1.54) is 0 Å². The van der Waals surface area contributed by atoms with Crippen LogP contribution < -0.4 is 20.3 Å². The third kappa shape index (κ3) is 6.87. The molecule has 1 aromatic carbocycles. The fraction of sp³-hybridized carbons (Fsp3) is 0.435. The summed E-state index contributed by atoms with van der Waals surface area (Å²) in [6.07, 6.45) is 2.04. The molecule has 8 nitrogen and oxygen atoms in total. The Morgan fingerprint density at radius 1 is 1.06 bits per heavy atom. The number of para-hydroxylation sites is 2. The lowest BCUT2D eigenvalue weighted by atomic mass is 10.2. The molecule has 1 aromatic heterocycles. The summed E-state index contributed by atoms with van der Waals surface area (Å²) in [5.41, 5.74) is 0.609. The van der Waals surface area contributed by atoms with Gasteiger partial charge in [0.1, 0.15) is 11.6 Å². The largest absolute Gasteiger partial charge is 0.491 e. The summed E-state index contributed by atoms with van der Waals surface area (Å²) in [6.45, 7) is 7.80. The number of ether oxygens (including phenoxy) is 1. The highest BCUT2D eigenvalue weighted by molar-refractivity contribution is 5.91. The molecule has 3 amide bonds. The highest BCUT2D eigenvalue weighted by atomic mass is 16.5. The number of rotatable bonds is 8. The first kappa shape index (κ1) is 22.4. The van der Waals surface area contributed by atoms with Crippen molar-refractivity contribution in [2.45, 2.75) is 20.3 Å². The molecule has 1 fully saturated rings. The fourth-order valence-electron chi connectivity index (χ4n) is 3.29. The van der Waals surface area contributed by atoms with Crippen LogP contribution in [0, 0.1) is 5.92 Å². The van der Waals surface area contributed by atoms with E-state index < -0.39 is 0 Å². The minimum atomic E-state index is -0.353. The molecule has 166 valence electrons. The Labute approximate surface area is 183 Å². The summed E-state index contributed by atoms with van der Waals surface area (Å²) in [5.74, 6) is 2.00. The van der Waals surface area contributed by atoms with Crippen molar-refractivity contribution in [2.24, 2.45) is 5.92 Å². The first-order chi connectivity index (χ1) is 15.0. The van der Waals surface area contributed by atoms with E-state index in [2.05, 4.69) is 34.4 Å². The van der Waals surface area contributed by atoms with Crippen LogP contribution in [-0.4, -0.2) is 61.2 Å². The van der Waals surface area contributed by atoms with E-state index >= 15 is 0 Å². The molecule has 2 N–H and O–H groups in total. The van der Waals surface area contributed by atoms with Gasteiger partial charge in [-0.05, 0) is 30.2 Å². The number of carbonyl (C=O) groups is 2. The van der Waals surface area contributed by atoms with Gasteiger partial charge in [0.05, 0.1) is 12.3 Å². The number of aromatic nitrogens is 1. The molecule has 0 unspecified atom stereocenters. The van der Waals surface area contributed by atoms with Crippen LogP contribution in [0.3, 0.4) is 0 Å². The predicted molar refractivity (Wildman–Crippen MR) is 121 cm³/mol. The van der Waals surface area contributed by atoms with Crippen LogP contribution in [0.4, 0.5) is 16.3 Å². The van der Waals surface area contributed by atoms with Gasteiger partial charge in [0, 0.05) is 45.3 Å². The number of hydrogen-bond donors (Lipinski definition) is 2. The SMILES string of the molecule is CC(C)COc1ccccc1NC(=O)NCCC(=O)N1CCN(c2ccccn2)CC1. The van der Waals surface area contributed by atoms with Gasteiger partial charge >= 0.3 is 6.03 Å². The number of urea groups is 1. The third-order valence-corrected chi connectivity index (χ3v) is 4.94. The zero-order valence-electron chi connectivity index (χ0n) is 18.2. The third-order valence-electron chi connectivity index (χ3n) is 4.94. The van der Waals surface area contributed by atoms with Gasteiger partial charge in [0.2, 0.25) is 5.91 Å². The zero-order valence-corrected chi connectivity index (χ0v) is 18.2. The minimum absolute atomic E-state index is 0.0432. The van der Waals surface area contributed by atoms with Crippen molar-refractivity contribution in [3.05, 3.63) is 48.7 Å². The number of pyridine rings is 1. The maximum absolute atomic E-state index is 12.5. The van der Waals surface area contributed by atoms with Crippen molar-refractivity contribution in [3.8, 4) is 5.75 Å². The second-order valence-corrected chi connectivity index (χ2v) is 7.89. The van der Waals surface area contributed by atoms with Crippen molar-refractivity contribution in [1.82, 2.24) is 15.2 Å². The average molecular weight is 426 g/mol. The molecular formula is C23H31N5O3. The normalized spacial score (nSPS) is 13.8. The van der Waals surface area contributed by atoms with E-state index in [9.17, 15) is 9.59 Å². The molecule has 0 aliphatic carbocycles. The molecule has 0 spiro atoms. The van der Waals surface area contributed by atoms with Gasteiger partial charge in [-0.15, -0.1) is 0 Å². The van der Waals surface area contributed by atoms with E-state index in [0.717, 1.165) is 18.9 Å². The van der Waals surface area contributed by atoms with Crippen LogP contribution in [0.15, 0.2) is 48.7 Å². The Morgan fingerprint density at radius 2 is 1.81 bits per heavy atom. The fourth-order valence-corrected chi connectivity index (χ4v) is 3.29. The number of carbonyl (C=O) groups excluding carboxylic acids is 2. The van der Waals surface area contributed by atoms with E-state index in [1.807, 2.05) is 41.3 Å². The Hall–Kier alpha value is -3.29. The molecule has 0 bridgehead atoms. The number of nitrogens with one attached hydrogen (secondary N) is 2. The highest BCUT2D eigenvalue weighted by Crippen LogP contribution is 2.24. The number of hydrogen-bond acceptors (Lipinski definition) is 5. The predicted octanol–water partition coefficient (Wildman–Crippen LogP) is 2.98. The summed E-state index contributed by atoms with van der Waals surface area (Å²) >= 11 is 0. The van der Waals surface area contributed by atoms with E-state index in [-0.39, 0.29) is 24.9 Å². The molecule has 1 saturated heterocycles. The maximum Gasteiger partial charge on any atom is 0.319 e. The van der Waals surface area contributed by atoms with Gasteiger partial charge in [0.25, 0.3) is 0 Å². The molecule has 0 atom stereocenters. The van der Waals surface area contributed by atoms with Gasteiger partial charge in [-0.1, -0.05) is 32.0 Å². The maximum atomic E-state index is 12.5. The molecule has 1 aliphatic heterocycles. The molecule has 3 rings (SSSR count). The van der Waals surface area contributed by atoms with Gasteiger partial charge in [-0.25, -0.2) is 9.78 Å². The summed E-state index contributed by atoms with van der Waals surface area (Å²) < 4.78 is 5.75. The highest BCUT2D eigenvalue weighted by Gasteiger charge is 2.21. The van der Waals surface area contributed by atoms with Crippen molar-refractivity contribution in [3.63, 3.8) is 0 Å². The van der Waals surface area contributed by atoms with Gasteiger partial charge in [-0.3, -0.25) is 4.79 Å². The number of amides is 3. The summed E-state index contributed by atoms with van der Waals surface area (Å²) in [5, 5.41) is 5.55. The van der Waals surface area contributed by atoms with Crippen molar-refractivity contribution in [1.29, 1.82) is 0 Å². The standard InChI is InChI=1S/C23H31N5O3/c1-18(2)17-31-20-8-4-3-7-19(20)26-23(30)25-12-10-22(29)28-15-13-27(14-16-28)21-9-5-6-11-24-21/h3-9,11,18H,10,12-17H2,1-2H3,(H2,25,26,30). The number of benzene rings is 1. The molecule has 0 radical (unpaired) electrons. The van der Waals surface area contributed by atoms with Crippen LogP contribution in [0.5, 0.6) is 5.75 Å². The van der Waals surface area contributed by atoms with Crippen molar-refractivity contribution >= 4 is 23.4 Å². The number of piperazine rings is 1. The topological polar surface area (TPSA) is 86.8 Å². The first-order valence-corrected chi connectivity index (χ1v) is 10.7. The van der Waals surface area contributed by atoms with Gasteiger partial charge < -0.3 is 25.2 Å². The molecule has 0 saturated carbocycles. The lowest BCUT2D eigenvalue weighted by Gasteiger charge is -2.35. The smallest absolute Gasteiger partial charge is 0.319 e.